The van der Waals surface area contributed by atoms with Crippen molar-refractivity contribution in [2.45, 2.75) is 19.3 Å². The Hall–Kier alpha value is -2.05. The van der Waals surface area contributed by atoms with Gasteiger partial charge in [-0.1, -0.05) is 23.7 Å². The van der Waals surface area contributed by atoms with E-state index in [2.05, 4.69) is 0 Å². The lowest BCUT2D eigenvalue weighted by Gasteiger charge is -2.38. The highest BCUT2D eigenvalue weighted by Gasteiger charge is 2.28. The van der Waals surface area contributed by atoms with Gasteiger partial charge in [0.25, 0.3) is 5.91 Å². The number of rotatable bonds is 2. The fourth-order valence-corrected chi connectivity index (χ4v) is 4.87. The van der Waals surface area contributed by atoms with Crippen LogP contribution in [-0.2, 0) is 0 Å². The van der Waals surface area contributed by atoms with Gasteiger partial charge in [-0.15, -0.1) is 11.3 Å². The quantitative estimate of drug-likeness (QED) is 0.725. The summed E-state index contributed by atoms with van der Waals surface area (Å²) in [6, 6.07) is 11.7. The Labute approximate surface area is 174 Å². The summed E-state index contributed by atoms with van der Waals surface area (Å²) in [6.07, 6.45) is 3.40. The minimum atomic E-state index is 0.0512. The van der Waals surface area contributed by atoms with E-state index in [0.717, 1.165) is 41.2 Å². The molecule has 2 aliphatic rings. The summed E-state index contributed by atoms with van der Waals surface area (Å²) >= 11 is 7.45. The summed E-state index contributed by atoms with van der Waals surface area (Å²) in [5.74, 6) is 0.0512. The number of hydrogen-bond acceptors (Lipinski definition) is 3. The maximum atomic E-state index is 12.9. The Morgan fingerprint density at radius 1 is 0.750 bits per heavy atom. The number of amides is 3. The average molecular weight is 418 g/mol. The Kier molecular flexibility index (Phi) is 5.87. The molecule has 0 aliphatic carbocycles. The van der Waals surface area contributed by atoms with Crippen LogP contribution in [0.2, 0.25) is 5.02 Å². The van der Waals surface area contributed by atoms with Crippen molar-refractivity contribution in [2.75, 3.05) is 39.3 Å². The van der Waals surface area contributed by atoms with Gasteiger partial charge in [-0.3, -0.25) is 4.79 Å². The standard InChI is InChI=1S/C21H24ClN3O2S/c22-17-6-4-16(5-7-17)18-8-9-19(28-18)20(26)23-12-14-25(15-13-23)21(27)24-10-2-1-3-11-24/h4-9H,1-3,10-15H2. The number of thiophene rings is 1. The van der Waals surface area contributed by atoms with Crippen molar-refractivity contribution in [2.24, 2.45) is 0 Å². The summed E-state index contributed by atoms with van der Waals surface area (Å²) in [7, 11) is 0. The van der Waals surface area contributed by atoms with Crippen molar-refractivity contribution in [1.29, 1.82) is 0 Å². The molecule has 2 saturated heterocycles. The van der Waals surface area contributed by atoms with Crippen LogP contribution in [0.4, 0.5) is 4.79 Å². The molecular weight excluding hydrogens is 394 g/mol. The summed E-state index contributed by atoms with van der Waals surface area (Å²) in [5, 5.41) is 0.702. The number of urea groups is 1. The topological polar surface area (TPSA) is 43.9 Å². The number of halogens is 1. The molecule has 3 amide bonds. The van der Waals surface area contributed by atoms with E-state index in [0.29, 0.717) is 31.2 Å². The van der Waals surface area contributed by atoms with Crippen LogP contribution in [0.1, 0.15) is 28.9 Å². The molecule has 2 fully saturated rings. The molecule has 0 unspecified atom stereocenters. The highest BCUT2D eigenvalue weighted by molar-refractivity contribution is 7.17. The maximum absolute atomic E-state index is 12.9. The van der Waals surface area contributed by atoms with Gasteiger partial charge in [0, 0.05) is 49.2 Å². The van der Waals surface area contributed by atoms with Gasteiger partial charge in [-0.2, -0.15) is 0 Å². The normalized spacial score (nSPS) is 17.7. The van der Waals surface area contributed by atoms with E-state index in [4.69, 9.17) is 11.6 Å². The van der Waals surface area contributed by atoms with Crippen LogP contribution in [0.3, 0.4) is 0 Å². The highest BCUT2D eigenvalue weighted by atomic mass is 35.5. The van der Waals surface area contributed by atoms with E-state index < -0.39 is 0 Å². The lowest BCUT2D eigenvalue weighted by Crippen LogP contribution is -2.54. The van der Waals surface area contributed by atoms with Crippen molar-refractivity contribution in [3.05, 3.63) is 46.3 Å². The Morgan fingerprint density at radius 2 is 1.36 bits per heavy atom. The molecule has 0 saturated carbocycles. The zero-order valence-electron chi connectivity index (χ0n) is 15.8. The number of piperazine rings is 1. The number of carbonyl (C=O) groups is 2. The minimum absolute atomic E-state index is 0.0512. The molecule has 28 heavy (non-hydrogen) atoms. The zero-order chi connectivity index (χ0) is 19.5. The Balaban J connectivity index is 1.35. The van der Waals surface area contributed by atoms with Gasteiger partial charge in [0.2, 0.25) is 0 Å². The number of benzene rings is 1. The van der Waals surface area contributed by atoms with E-state index in [1.54, 1.807) is 0 Å². The molecule has 2 aliphatic heterocycles. The molecule has 2 aromatic rings. The molecule has 0 bridgehead atoms. The lowest BCUT2D eigenvalue weighted by molar-refractivity contribution is 0.0637. The fraction of sp³-hybridized carbons (Fsp3) is 0.429. The zero-order valence-corrected chi connectivity index (χ0v) is 17.3. The van der Waals surface area contributed by atoms with Crippen molar-refractivity contribution < 1.29 is 9.59 Å². The Bertz CT molecular complexity index is 838. The van der Waals surface area contributed by atoms with Gasteiger partial charge >= 0.3 is 6.03 Å². The second-order valence-corrected chi connectivity index (χ2v) is 8.80. The molecule has 148 valence electrons. The van der Waals surface area contributed by atoms with Crippen molar-refractivity contribution in [3.8, 4) is 10.4 Å². The molecular formula is C21H24ClN3O2S. The fourth-order valence-electron chi connectivity index (χ4n) is 3.76. The molecule has 0 atom stereocenters. The summed E-state index contributed by atoms with van der Waals surface area (Å²) in [4.78, 5) is 33.0. The number of likely N-dealkylation sites (tertiary alicyclic amines) is 1. The van der Waals surface area contributed by atoms with Gasteiger partial charge in [0.05, 0.1) is 4.88 Å². The van der Waals surface area contributed by atoms with Gasteiger partial charge in [0.15, 0.2) is 0 Å². The van der Waals surface area contributed by atoms with Gasteiger partial charge in [0.1, 0.15) is 0 Å². The lowest BCUT2D eigenvalue weighted by atomic mass is 10.1. The second-order valence-electron chi connectivity index (χ2n) is 7.28. The molecule has 5 nitrogen and oxygen atoms in total. The predicted octanol–water partition coefficient (Wildman–Crippen LogP) is 4.43. The van der Waals surface area contributed by atoms with Crippen molar-refractivity contribution >= 4 is 34.9 Å². The molecule has 0 spiro atoms. The van der Waals surface area contributed by atoms with E-state index in [1.807, 2.05) is 51.1 Å². The van der Waals surface area contributed by atoms with Crippen LogP contribution in [0.5, 0.6) is 0 Å². The first-order chi connectivity index (χ1) is 13.6. The highest BCUT2D eigenvalue weighted by Crippen LogP contribution is 2.30. The Morgan fingerprint density at radius 3 is 2.04 bits per heavy atom. The molecule has 1 aromatic carbocycles. The van der Waals surface area contributed by atoms with Gasteiger partial charge in [-0.25, -0.2) is 4.79 Å². The SMILES string of the molecule is O=C(c1ccc(-c2ccc(Cl)cc2)s1)N1CCN(C(=O)N2CCCCC2)CC1. The molecule has 4 rings (SSSR count). The third kappa shape index (κ3) is 4.18. The average Bonchev–Trinajstić information content (AvgIpc) is 3.24. The first-order valence-electron chi connectivity index (χ1n) is 9.81. The summed E-state index contributed by atoms with van der Waals surface area (Å²) in [6.45, 7) is 4.12. The molecule has 3 heterocycles. The van der Waals surface area contributed by atoms with E-state index >= 15 is 0 Å². The number of nitrogens with zero attached hydrogens (tertiary/aromatic N) is 3. The van der Waals surface area contributed by atoms with Crippen LogP contribution >= 0.6 is 22.9 Å². The smallest absolute Gasteiger partial charge is 0.320 e. The third-order valence-electron chi connectivity index (χ3n) is 5.41. The number of piperidine rings is 1. The molecule has 0 N–H and O–H groups in total. The summed E-state index contributed by atoms with van der Waals surface area (Å²) in [5.41, 5.74) is 1.06. The minimum Gasteiger partial charge on any atom is -0.334 e. The van der Waals surface area contributed by atoms with E-state index in [1.165, 1.54) is 17.8 Å². The van der Waals surface area contributed by atoms with Gasteiger partial charge < -0.3 is 14.7 Å². The second kappa shape index (κ2) is 8.53. The van der Waals surface area contributed by atoms with Crippen molar-refractivity contribution in [3.63, 3.8) is 0 Å². The molecule has 0 radical (unpaired) electrons. The predicted molar refractivity (Wildman–Crippen MR) is 113 cm³/mol. The number of carbonyl (C=O) groups excluding carboxylic acids is 2. The molecule has 1 aromatic heterocycles. The van der Waals surface area contributed by atoms with Crippen LogP contribution in [0.25, 0.3) is 10.4 Å². The van der Waals surface area contributed by atoms with Crippen LogP contribution in [-0.4, -0.2) is 65.9 Å². The largest absolute Gasteiger partial charge is 0.334 e. The van der Waals surface area contributed by atoms with E-state index in [9.17, 15) is 9.59 Å². The number of hydrogen-bond donors (Lipinski definition) is 0. The monoisotopic (exact) mass is 417 g/mol. The van der Waals surface area contributed by atoms with Crippen molar-refractivity contribution in [1.82, 2.24) is 14.7 Å². The van der Waals surface area contributed by atoms with Gasteiger partial charge in [-0.05, 0) is 49.1 Å². The van der Waals surface area contributed by atoms with Crippen LogP contribution in [0.15, 0.2) is 36.4 Å². The van der Waals surface area contributed by atoms with E-state index in [-0.39, 0.29) is 11.9 Å². The van der Waals surface area contributed by atoms with Crippen LogP contribution < -0.4 is 0 Å². The summed E-state index contributed by atoms with van der Waals surface area (Å²) < 4.78 is 0. The van der Waals surface area contributed by atoms with Crippen LogP contribution in [0, 0.1) is 0 Å². The first kappa shape index (κ1) is 19.3. The first-order valence-corrected chi connectivity index (χ1v) is 11.0. The maximum Gasteiger partial charge on any atom is 0.320 e. The third-order valence-corrected chi connectivity index (χ3v) is 6.78. The molecule has 7 heteroatoms.